The van der Waals surface area contributed by atoms with Gasteiger partial charge in [0.1, 0.15) is 13.2 Å². The molecule has 0 aliphatic rings. The molecule has 0 N–H and O–H groups in total. The van der Waals surface area contributed by atoms with E-state index in [2.05, 4.69) is 106 Å². The molecule has 0 heterocycles. The third-order valence-corrected chi connectivity index (χ3v) is 12.8. The first kappa shape index (κ1) is 67.6. The molecule has 0 amide bonds. The molecule has 6 heteroatoms. The maximum absolute atomic E-state index is 12.9. The zero-order valence-electron chi connectivity index (χ0n) is 46.7. The highest BCUT2D eigenvalue weighted by Crippen LogP contribution is 2.15. The van der Waals surface area contributed by atoms with Gasteiger partial charge in [-0.25, -0.2) is 0 Å². The summed E-state index contributed by atoms with van der Waals surface area (Å²) >= 11 is 0. The average Bonchev–Trinajstić information content (AvgIpc) is 3.37. The maximum atomic E-state index is 12.9. The van der Waals surface area contributed by atoms with E-state index in [9.17, 15) is 14.4 Å². The quantitative estimate of drug-likeness (QED) is 0.0261. The number of hydrogen-bond acceptors (Lipinski definition) is 6. The fourth-order valence-electron chi connectivity index (χ4n) is 8.27. The molecule has 0 fully saturated rings. The highest BCUT2D eigenvalue weighted by Gasteiger charge is 2.19. The Balaban J connectivity index is 4.45. The average molecular weight is 990 g/mol. The molecular formula is C65H112O6. The van der Waals surface area contributed by atoms with E-state index in [1.165, 1.54) is 141 Å². The molecule has 0 spiro atoms. The van der Waals surface area contributed by atoms with Crippen molar-refractivity contribution in [2.24, 2.45) is 0 Å². The van der Waals surface area contributed by atoms with Crippen molar-refractivity contribution in [1.29, 1.82) is 0 Å². The SMILES string of the molecule is CCCCC/C=C\C/C=C\C/C=C\C/C=C\CCCCCC(=O)O[C@H](COC(=O)CCCCCCC/C=C\C/C=C\CCCCC)COC(=O)CCCCCCCCCCC/C=C\CCCCCCCC. The van der Waals surface area contributed by atoms with Crippen molar-refractivity contribution in [2.75, 3.05) is 13.2 Å². The Labute approximate surface area is 439 Å². The molecule has 6 nitrogen and oxygen atoms in total. The van der Waals surface area contributed by atoms with Crippen LogP contribution >= 0.6 is 0 Å². The maximum Gasteiger partial charge on any atom is 0.306 e. The van der Waals surface area contributed by atoms with Gasteiger partial charge < -0.3 is 14.2 Å². The van der Waals surface area contributed by atoms with Gasteiger partial charge in [-0.2, -0.15) is 0 Å². The molecule has 408 valence electrons. The minimum atomic E-state index is -0.801. The van der Waals surface area contributed by atoms with E-state index in [1.807, 2.05) is 0 Å². The van der Waals surface area contributed by atoms with Gasteiger partial charge in [0.05, 0.1) is 0 Å². The van der Waals surface area contributed by atoms with Crippen molar-refractivity contribution in [3.05, 3.63) is 85.1 Å². The Hall–Kier alpha value is -3.41. The largest absolute Gasteiger partial charge is 0.462 e. The molecule has 0 bridgehead atoms. The minimum absolute atomic E-state index is 0.0947. The van der Waals surface area contributed by atoms with E-state index < -0.39 is 6.10 Å². The summed E-state index contributed by atoms with van der Waals surface area (Å²) in [6.07, 6.45) is 77.1. The number of allylic oxidation sites excluding steroid dienone is 14. The Morgan fingerprint density at radius 2 is 0.507 bits per heavy atom. The van der Waals surface area contributed by atoms with Crippen LogP contribution in [0.25, 0.3) is 0 Å². The molecular weight excluding hydrogens is 877 g/mol. The molecule has 0 saturated heterocycles. The predicted octanol–water partition coefficient (Wildman–Crippen LogP) is 20.3. The highest BCUT2D eigenvalue weighted by atomic mass is 16.6. The zero-order valence-corrected chi connectivity index (χ0v) is 46.7. The first-order valence-electron chi connectivity index (χ1n) is 30.1. The van der Waals surface area contributed by atoms with E-state index >= 15 is 0 Å². The lowest BCUT2D eigenvalue weighted by Gasteiger charge is -2.18. The van der Waals surface area contributed by atoms with Crippen LogP contribution < -0.4 is 0 Å². The molecule has 0 aromatic carbocycles. The number of ether oxygens (including phenoxy) is 3. The molecule has 0 radical (unpaired) electrons. The second-order valence-corrected chi connectivity index (χ2v) is 19.9. The van der Waals surface area contributed by atoms with Crippen LogP contribution in [-0.4, -0.2) is 37.2 Å². The van der Waals surface area contributed by atoms with Crippen LogP contribution in [0.3, 0.4) is 0 Å². The molecule has 0 rings (SSSR count). The second kappa shape index (κ2) is 59.2. The van der Waals surface area contributed by atoms with Gasteiger partial charge in [-0.3, -0.25) is 14.4 Å². The van der Waals surface area contributed by atoms with Crippen molar-refractivity contribution in [3.8, 4) is 0 Å². The van der Waals surface area contributed by atoms with Gasteiger partial charge in [-0.15, -0.1) is 0 Å². The summed E-state index contributed by atoms with van der Waals surface area (Å²) in [5.41, 5.74) is 0. The summed E-state index contributed by atoms with van der Waals surface area (Å²) in [5.74, 6) is -0.935. The molecule has 0 aromatic heterocycles. The summed E-state index contributed by atoms with van der Waals surface area (Å²) in [7, 11) is 0. The Morgan fingerprint density at radius 3 is 0.845 bits per heavy atom. The molecule has 0 unspecified atom stereocenters. The third kappa shape index (κ3) is 57.4. The van der Waals surface area contributed by atoms with Crippen LogP contribution in [0.4, 0.5) is 0 Å². The van der Waals surface area contributed by atoms with Crippen LogP contribution in [0.1, 0.15) is 290 Å². The zero-order chi connectivity index (χ0) is 51.4. The van der Waals surface area contributed by atoms with E-state index in [0.29, 0.717) is 12.8 Å². The number of rotatable bonds is 54. The fraction of sp³-hybridized carbons (Fsp3) is 0.738. The normalized spacial score (nSPS) is 12.7. The number of unbranched alkanes of at least 4 members (excludes halogenated alkanes) is 29. The van der Waals surface area contributed by atoms with Gasteiger partial charge in [0, 0.05) is 19.3 Å². The van der Waals surface area contributed by atoms with Crippen molar-refractivity contribution in [1.82, 2.24) is 0 Å². The first-order valence-corrected chi connectivity index (χ1v) is 30.1. The number of esters is 3. The molecule has 0 aliphatic heterocycles. The smallest absolute Gasteiger partial charge is 0.306 e. The molecule has 0 aromatic rings. The Bertz CT molecular complexity index is 1370. The van der Waals surface area contributed by atoms with Gasteiger partial charge in [0.2, 0.25) is 0 Å². The topological polar surface area (TPSA) is 78.9 Å². The lowest BCUT2D eigenvalue weighted by molar-refractivity contribution is -0.167. The fourth-order valence-corrected chi connectivity index (χ4v) is 8.27. The minimum Gasteiger partial charge on any atom is -0.462 e. The van der Waals surface area contributed by atoms with E-state index in [-0.39, 0.29) is 37.5 Å². The lowest BCUT2D eigenvalue weighted by Crippen LogP contribution is -2.30. The molecule has 0 saturated carbocycles. The second-order valence-electron chi connectivity index (χ2n) is 19.9. The van der Waals surface area contributed by atoms with Gasteiger partial charge in [0.15, 0.2) is 6.10 Å². The van der Waals surface area contributed by atoms with Crippen LogP contribution in [-0.2, 0) is 28.6 Å². The highest BCUT2D eigenvalue weighted by molar-refractivity contribution is 5.71. The predicted molar refractivity (Wildman–Crippen MR) is 307 cm³/mol. The Morgan fingerprint density at radius 1 is 0.282 bits per heavy atom. The summed E-state index contributed by atoms with van der Waals surface area (Å²) in [5, 5.41) is 0. The third-order valence-electron chi connectivity index (χ3n) is 12.8. The molecule has 71 heavy (non-hydrogen) atoms. The van der Waals surface area contributed by atoms with Crippen LogP contribution in [0, 0.1) is 0 Å². The van der Waals surface area contributed by atoms with Crippen LogP contribution in [0.15, 0.2) is 85.1 Å². The van der Waals surface area contributed by atoms with Gasteiger partial charge in [0.25, 0.3) is 0 Å². The van der Waals surface area contributed by atoms with Crippen LogP contribution in [0.5, 0.6) is 0 Å². The van der Waals surface area contributed by atoms with E-state index in [4.69, 9.17) is 14.2 Å². The molecule has 1 atom stereocenters. The summed E-state index contributed by atoms with van der Waals surface area (Å²) in [6.45, 7) is 6.56. The van der Waals surface area contributed by atoms with Crippen molar-refractivity contribution in [2.45, 2.75) is 297 Å². The number of carbonyl (C=O) groups is 3. The first-order chi connectivity index (χ1) is 35.0. The standard InChI is InChI=1S/C65H112O6/c1-4-7-10-13-16-19-22-25-28-30-32-34-37-40-43-46-49-52-55-58-64(67)70-61-62(60-69-63(66)57-54-51-48-45-42-39-36-27-24-21-18-15-12-9-6-3)71-65(68)59-56-53-50-47-44-41-38-35-33-31-29-26-23-20-17-14-11-8-5-2/h17-18,20-21,25-29,33,35-36,41,44,62H,4-16,19,22-24,30-32,34,37-40,42-43,45-61H2,1-3H3/b20-17-,21-18-,28-25-,29-26-,35-33-,36-27-,44-41-/t62-/m1/s1. The van der Waals surface area contributed by atoms with Crippen molar-refractivity contribution >= 4 is 17.9 Å². The number of carbonyl (C=O) groups excluding carboxylic acids is 3. The van der Waals surface area contributed by atoms with Gasteiger partial charge in [-0.1, -0.05) is 234 Å². The Kier molecular flexibility index (Phi) is 56.3. The van der Waals surface area contributed by atoms with E-state index in [0.717, 1.165) is 109 Å². The van der Waals surface area contributed by atoms with Crippen LogP contribution in [0.2, 0.25) is 0 Å². The molecule has 0 aliphatic carbocycles. The van der Waals surface area contributed by atoms with Crippen molar-refractivity contribution in [3.63, 3.8) is 0 Å². The summed E-state index contributed by atoms with van der Waals surface area (Å²) in [6, 6.07) is 0. The van der Waals surface area contributed by atoms with Gasteiger partial charge >= 0.3 is 17.9 Å². The summed E-state index contributed by atoms with van der Waals surface area (Å²) < 4.78 is 16.9. The lowest BCUT2D eigenvalue weighted by atomic mass is 10.1. The monoisotopic (exact) mass is 989 g/mol. The van der Waals surface area contributed by atoms with Gasteiger partial charge in [-0.05, 0) is 122 Å². The number of hydrogen-bond donors (Lipinski definition) is 0. The van der Waals surface area contributed by atoms with Crippen molar-refractivity contribution < 1.29 is 28.6 Å². The van der Waals surface area contributed by atoms with E-state index in [1.54, 1.807) is 0 Å². The summed E-state index contributed by atoms with van der Waals surface area (Å²) in [4.78, 5) is 38.2.